The van der Waals surface area contributed by atoms with Gasteiger partial charge >= 0.3 is 0 Å². The number of morpholine rings is 1. The van der Waals surface area contributed by atoms with Crippen molar-refractivity contribution in [2.75, 3.05) is 19.7 Å². The molecule has 1 aliphatic rings. The molecular weight excluding hydrogens is 264 g/mol. The molecule has 1 saturated heterocycles. The normalized spacial score (nSPS) is 21.5. The molecule has 21 heavy (non-hydrogen) atoms. The minimum absolute atomic E-state index is 0.109. The molecule has 1 aromatic carbocycles. The Morgan fingerprint density at radius 3 is 3.10 bits per heavy atom. The Hall–Kier alpha value is -1.65. The van der Waals surface area contributed by atoms with Crippen LogP contribution in [0.3, 0.4) is 0 Å². The maximum Gasteiger partial charge on any atom is 0.181 e. The summed E-state index contributed by atoms with van der Waals surface area (Å²) in [4.78, 5) is 18.2. The fourth-order valence-corrected chi connectivity index (χ4v) is 3.01. The van der Waals surface area contributed by atoms with Gasteiger partial charge in [-0.2, -0.15) is 0 Å². The van der Waals surface area contributed by atoms with Crippen molar-refractivity contribution in [3.8, 4) is 0 Å². The highest BCUT2D eigenvalue weighted by atomic mass is 16.5. The molecule has 4 heteroatoms. The molecular formula is C17H22N2O2. The van der Waals surface area contributed by atoms with Crippen LogP contribution in [0.15, 0.2) is 30.5 Å². The van der Waals surface area contributed by atoms with Crippen LogP contribution in [0.4, 0.5) is 0 Å². The number of nitrogens with one attached hydrogen (secondary N) is 1. The Labute approximate surface area is 125 Å². The van der Waals surface area contributed by atoms with Gasteiger partial charge in [0.25, 0.3) is 0 Å². The second-order valence-electron chi connectivity index (χ2n) is 5.68. The predicted octanol–water partition coefficient (Wildman–Crippen LogP) is 2.85. The highest BCUT2D eigenvalue weighted by molar-refractivity contribution is 6.10. The molecule has 1 N–H and O–H groups in total. The number of Topliss-reactive ketones (excluding diaryl/α,β-unsaturated/α-hetero) is 1. The first-order valence-corrected chi connectivity index (χ1v) is 7.66. The van der Waals surface area contributed by atoms with Crippen LogP contribution >= 0.6 is 0 Å². The van der Waals surface area contributed by atoms with Gasteiger partial charge in [-0.15, -0.1) is 0 Å². The van der Waals surface area contributed by atoms with Crippen molar-refractivity contribution in [3.63, 3.8) is 0 Å². The Morgan fingerprint density at radius 1 is 1.48 bits per heavy atom. The Kier molecular flexibility index (Phi) is 4.08. The van der Waals surface area contributed by atoms with Crippen molar-refractivity contribution in [1.82, 2.24) is 9.88 Å². The van der Waals surface area contributed by atoms with Crippen LogP contribution in [0.1, 0.15) is 30.6 Å². The summed E-state index contributed by atoms with van der Waals surface area (Å²) >= 11 is 0. The van der Waals surface area contributed by atoms with E-state index in [2.05, 4.69) is 16.8 Å². The fourth-order valence-electron chi connectivity index (χ4n) is 3.01. The second kappa shape index (κ2) is 6.00. The molecule has 0 bridgehead atoms. The van der Waals surface area contributed by atoms with Crippen LogP contribution in [0.5, 0.6) is 0 Å². The number of carbonyl (C=O) groups excluding carboxylic acids is 1. The third kappa shape index (κ3) is 2.74. The van der Waals surface area contributed by atoms with Gasteiger partial charge in [0.2, 0.25) is 0 Å². The average molecular weight is 286 g/mol. The lowest BCUT2D eigenvalue weighted by atomic mass is 10.0. The molecule has 0 saturated carbocycles. The maximum atomic E-state index is 12.8. The highest BCUT2D eigenvalue weighted by Gasteiger charge is 2.28. The van der Waals surface area contributed by atoms with E-state index in [4.69, 9.17) is 4.74 Å². The van der Waals surface area contributed by atoms with Crippen LogP contribution in [0, 0.1) is 0 Å². The summed E-state index contributed by atoms with van der Waals surface area (Å²) in [6.45, 7) is 6.50. The van der Waals surface area contributed by atoms with Gasteiger partial charge in [-0.05, 0) is 19.4 Å². The lowest BCUT2D eigenvalue weighted by molar-refractivity contribution is -0.0381. The van der Waals surface area contributed by atoms with E-state index < -0.39 is 0 Å². The molecule has 112 valence electrons. The van der Waals surface area contributed by atoms with Gasteiger partial charge < -0.3 is 9.72 Å². The summed E-state index contributed by atoms with van der Waals surface area (Å²) < 4.78 is 5.69. The first kappa shape index (κ1) is 14.3. The van der Waals surface area contributed by atoms with E-state index in [-0.39, 0.29) is 17.9 Å². The molecule has 1 fully saturated rings. The quantitative estimate of drug-likeness (QED) is 0.879. The molecule has 0 radical (unpaired) electrons. The van der Waals surface area contributed by atoms with Crippen molar-refractivity contribution in [2.24, 2.45) is 0 Å². The van der Waals surface area contributed by atoms with Gasteiger partial charge in [-0.1, -0.05) is 25.1 Å². The number of hydrogen-bond acceptors (Lipinski definition) is 3. The van der Waals surface area contributed by atoms with E-state index in [0.29, 0.717) is 6.61 Å². The summed E-state index contributed by atoms with van der Waals surface area (Å²) in [5.74, 6) is 0.184. The van der Waals surface area contributed by atoms with E-state index in [1.165, 1.54) is 0 Å². The molecule has 1 aliphatic heterocycles. The van der Waals surface area contributed by atoms with Gasteiger partial charge in [0.1, 0.15) is 0 Å². The van der Waals surface area contributed by atoms with Crippen LogP contribution in [0.2, 0.25) is 0 Å². The summed E-state index contributed by atoms with van der Waals surface area (Å²) in [5, 5.41) is 1.01. The molecule has 0 spiro atoms. The molecule has 0 aliphatic carbocycles. The van der Waals surface area contributed by atoms with Crippen LogP contribution in [-0.2, 0) is 4.74 Å². The number of H-pyrrole nitrogens is 1. The predicted molar refractivity (Wildman–Crippen MR) is 83.7 cm³/mol. The zero-order valence-electron chi connectivity index (χ0n) is 12.6. The zero-order chi connectivity index (χ0) is 14.8. The van der Waals surface area contributed by atoms with Crippen molar-refractivity contribution < 1.29 is 9.53 Å². The Bertz CT molecular complexity index is 635. The number of para-hydroxylation sites is 1. The second-order valence-corrected chi connectivity index (χ2v) is 5.68. The third-order valence-corrected chi connectivity index (χ3v) is 4.41. The van der Waals surface area contributed by atoms with Gasteiger partial charge in [0.15, 0.2) is 5.78 Å². The molecule has 3 rings (SSSR count). The van der Waals surface area contributed by atoms with Crippen molar-refractivity contribution in [1.29, 1.82) is 0 Å². The van der Waals surface area contributed by atoms with Crippen LogP contribution in [-0.4, -0.2) is 47.5 Å². The number of aromatic nitrogens is 1. The number of benzene rings is 1. The first-order valence-electron chi connectivity index (χ1n) is 7.66. The summed E-state index contributed by atoms with van der Waals surface area (Å²) in [7, 11) is 0. The Balaban J connectivity index is 1.81. The monoisotopic (exact) mass is 286 g/mol. The topological polar surface area (TPSA) is 45.3 Å². The number of rotatable bonds is 4. The molecule has 2 aromatic rings. The number of hydrogen-bond donors (Lipinski definition) is 1. The lowest BCUT2D eigenvalue weighted by Gasteiger charge is -2.35. The van der Waals surface area contributed by atoms with Crippen LogP contribution < -0.4 is 0 Å². The lowest BCUT2D eigenvalue weighted by Crippen LogP contribution is -2.49. The first-order chi connectivity index (χ1) is 10.2. The number of ketones is 1. The summed E-state index contributed by atoms with van der Waals surface area (Å²) in [6.07, 6.45) is 3.07. The van der Waals surface area contributed by atoms with Crippen molar-refractivity contribution >= 4 is 16.7 Å². The van der Waals surface area contributed by atoms with Crippen LogP contribution in [0.25, 0.3) is 10.9 Å². The molecule has 2 unspecified atom stereocenters. The van der Waals surface area contributed by atoms with E-state index in [1.54, 1.807) is 0 Å². The smallest absolute Gasteiger partial charge is 0.181 e. The van der Waals surface area contributed by atoms with E-state index in [1.807, 2.05) is 37.4 Å². The standard InChI is InChI=1S/C17H22N2O2/c1-3-13-11-19(8-9-21-13)12(2)17(20)15-10-18-16-7-5-4-6-14(15)16/h4-7,10,12-13,18H,3,8-9,11H2,1-2H3. The summed E-state index contributed by atoms with van der Waals surface area (Å²) in [5.41, 5.74) is 1.80. The maximum absolute atomic E-state index is 12.8. The van der Waals surface area contributed by atoms with E-state index >= 15 is 0 Å². The Morgan fingerprint density at radius 2 is 2.29 bits per heavy atom. The van der Waals surface area contributed by atoms with Gasteiger partial charge in [0, 0.05) is 35.8 Å². The number of nitrogens with zero attached hydrogens (tertiary/aromatic N) is 1. The minimum Gasteiger partial charge on any atom is -0.376 e. The van der Waals surface area contributed by atoms with Gasteiger partial charge in [-0.25, -0.2) is 0 Å². The van der Waals surface area contributed by atoms with Crippen molar-refractivity contribution in [3.05, 3.63) is 36.0 Å². The number of carbonyl (C=O) groups is 1. The van der Waals surface area contributed by atoms with E-state index in [9.17, 15) is 4.79 Å². The number of fused-ring (bicyclic) bond motifs is 1. The zero-order valence-corrected chi connectivity index (χ0v) is 12.6. The fraction of sp³-hybridized carbons (Fsp3) is 0.471. The third-order valence-electron chi connectivity index (χ3n) is 4.41. The van der Waals surface area contributed by atoms with Gasteiger partial charge in [-0.3, -0.25) is 9.69 Å². The SMILES string of the molecule is CCC1CN(C(C)C(=O)c2c[nH]c3ccccc23)CCO1. The molecule has 1 aromatic heterocycles. The molecule has 2 heterocycles. The molecule has 4 nitrogen and oxygen atoms in total. The van der Waals surface area contributed by atoms with Crippen molar-refractivity contribution in [2.45, 2.75) is 32.4 Å². The highest BCUT2D eigenvalue weighted by Crippen LogP contribution is 2.21. The number of ether oxygens (including phenoxy) is 1. The molecule has 0 amide bonds. The van der Waals surface area contributed by atoms with Gasteiger partial charge in [0.05, 0.1) is 18.8 Å². The number of aromatic amines is 1. The minimum atomic E-state index is -0.109. The molecule has 2 atom stereocenters. The largest absolute Gasteiger partial charge is 0.376 e. The average Bonchev–Trinajstić information content (AvgIpc) is 2.97. The summed E-state index contributed by atoms with van der Waals surface area (Å²) in [6, 6.07) is 7.84. The van der Waals surface area contributed by atoms with E-state index in [0.717, 1.165) is 36.0 Å².